The van der Waals surface area contributed by atoms with Gasteiger partial charge in [-0.1, -0.05) is 29.8 Å². The van der Waals surface area contributed by atoms with Gasteiger partial charge in [-0.25, -0.2) is 4.39 Å². The zero-order valence-electron chi connectivity index (χ0n) is 8.00. The first-order chi connectivity index (χ1) is 6.74. The van der Waals surface area contributed by atoms with Crippen LogP contribution in [0.25, 0.3) is 0 Å². The van der Waals surface area contributed by atoms with Crippen LogP contribution < -0.4 is 5.32 Å². The highest BCUT2D eigenvalue weighted by molar-refractivity contribution is 6.25. The molecule has 1 N–H and O–H groups in total. The van der Waals surface area contributed by atoms with Gasteiger partial charge in [0.15, 0.2) is 0 Å². The van der Waals surface area contributed by atoms with Gasteiger partial charge in [0.1, 0.15) is 5.82 Å². The minimum Gasteiger partial charge on any atom is -0.307 e. The highest BCUT2D eigenvalue weighted by atomic mass is 35.5. The monoisotopic (exact) mass is 213 g/mol. The molecule has 0 aromatic heterocycles. The third-order valence-electron chi connectivity index (χ3n) is 2.00. The van der Waals surface area contributed by atoms with Crippen LogP contribution in [0.2, 0.25) is 0 Å². The number of nitrogens with one attached hydrogen (secondary N) is 1. The van der Waals surface area contributed by atoms with E-state index in [2.05, 4.69) is 5.32 Å². The molecule has 0 spiro atoms. The van der Waals surface area contributed by atoms with E-state index in [1.807, 2.05) is 13.0 Å². The lowest BCUT2D eigenvalue weighted by molar-refractivity contribution is 0.605. The summed E-state index contributed by atoms with van der Waals surface area (Å²) >= 11 is 5.38. The van der Waals surface area contributed by atoms with E-state index < -0.39 is 0 Å². The molecule has 0 aliphatic carbocycles. The number of hydrogen-bond acceptors (Lipinski definition) is 1. The van der Waals surface area contributed by atoms with Crippen molar-refractivity contribution in [3.63, 3.8) is 0 Å². The van der Waals surface area contributed by atoms with Crippen molar-refractivity contribution in [2.45, 2.75) is 13.0 Å². The Morgan fingerprint density at radius 1 is 1.43 bits per heavy atom. The van der Waals surface area contributed by atoms with E-state index in [4.69, 9.17) is 11.6 Å². The van der Waals surface area contributed by atoms with E-state index in [9.17, 15) is 4.39 Å². The van der Waals surface area contributed by atoms with Crippen molar-refractivity contribution < 1.29 is 4.39 Å². The van der Waals surface area contributed by atoms with Gasteiger partial charge in [0, 0.05) is 18.1 Å². The van der Waals surface area contributed by atoms with Gasteiger partial charge in [-0.3, -0.25) is 0 Å². The lowest BCUT2D eigenvalue weighted by Gasteiger charge is -2.12. The summed E-state index contributed by atoms with van der Waals surface area (Å²) in [5, 5.41) is 3.23. The second-order valence-corrected chi connectivity index (χ2v) is 3.30. The maximum Gasteiger partial charge on any atom is 0.123 e. The maximum atomic E-state index is 12.6. The predicted octanol–water partition coefficient (Wildman–Crippen LogP) is 3.23. The number of hydrogen-bond donors (Lipinski definition) is 1. The summed E-state index contributed by atoms with van der Waals surface area (Å²) in [6.07, 6.45) is 1.82. The maximum absolute atomic E-state index is 12.6. The summed E-state index contributed by atoms with van der Waals surface area (Å²) in [5.74, 6) is -0.207. The van der Waals surface area contributed by atoms with Gasteiger partial charge < -0.3 is 5.32 Å². The van der Waals surface area contributed by atoms with Crippen LogP contribution in [0.4, 0.5) is 4.39 Å². The summed E-state index contributed by atoms with van der Waals surface area (Å²) in [5.41, 5.74) is 2.54. The van der Waals surface area contributed by atoms with Crippen LogP contribution in [0.15, 0.2) is 35.9 Å². The van der Waals surface area contributed by atoms with Crippen molar-refractivity contribution in [2.24, 2.45) is 0 Å². The van der Waals surface area contributed by atoms with Crippen molar-refractivity contribution in [3.8, 4) is 0 Å². The molecular formula is C11H13ClFN. The van der Waals surface area contributed by atoms with Gasteiger partial charge in [-0.15, -0.1) is 0 Å². The molecule has 76 valence electrons. The summed E-state index contributed by atoms with van der Waals surface area (Å²) < 4.78 is 12.6. The first kappa shape index (κ1) is 11.2. The minimum atomic E-state index is -0.207. The molecule has 0 fully saturated rings. The van der Waals surface area contributed by atoms with Gasteiger partial charge in [0.2, 0.25) is 0 Å². The number of halogens is 2. The van der Waals surface area contributed by atoms with Crippen molar-refractivity contribution in [1.29, 1.82) is 0 Å². The van der Waals surface area contributed by atoms with E-state index in [-0.39, 0.29) is 11.9 Å². The minimum absolute atomic E-state index is 0.198. The van der Waals surface area contributed by atoms with E-state index >= 15 is 0 Å². The van der Waals surface area contributed by atoms with Crippen molar-refractivity contribution in [1.82, 2.24) is 5.32 Å². The topological polar surface area (TPSA) is 12.0 Å². The van der Waals surface area contributed by atoms with Crippen molar-refractivity contribution >= 4 is 11.6 Å². The Labute approximate surface area is 88.6 Å². The second kappa shape index (κ2) is 5.78. The molecule has 0 amide bonds. The van der Waals surface area contributed by atoms with Crippen molar-refractivity contribution in [2.75, 3.05) is 6.54 Å². The molecular weight excluding hydrogens is 201 g/mol. The Morgan fingerprint density at radius 3 is 2.64 bits per heavy atom. The molecule has 1 nitrogen and oxygen atoms in total. The molecule has 0 bridgehead atoms. The molecule has 14 heavy (non-hydrogen) atoms. The van der Waals surface area contributed by atoms with Gasteiger partial charge in [-0.2, -0.15) is 0 Å². The lowest BCUT2D eigenvalue weighted by atomic mass is 10.1. The summed E-state index contributed by atoms with van der Waals surface area (Å²) in [6.45, 7) is 2.73. The Bertz CT molecular complexity index is 295. The van der Waals surface area contributed by atoms with Crippen LogP contribution in [-0.4, -0.2) is 6.54 Å². The predicted molar refractivity (Wildman–Crippen MR) is 57.8 cm³/mol. The standard InChI is InChI=1S/C11H13ClFN/c1-9(14-8-2-7-12)10-3-5-11(13)6-4-10/h2-7,9,14H,8H2,1H3/b7-2+. The van der Waals surface area contributed by atoms with E-state index in [0.29, 0.717) is 6.54 Å². The zero-order chi connectivity index (χ0) is 10.4. The Morgan fingerprint density at radius 2 is 2.07 bits per heavy atom. The van der Waals surface area contributed by atoms with Crippen molar-refractivity contribution in [3.05, 3.63) is 47.3 Å². The van der Waals surface area contributed by atoms with Crippen LogP contribution in [-0.2, 0) is 0 Å². The zero-order valence-corrected chi connectivity index (χ0v) is 8.76. The van der Waals surface area contributed by atoms with E-state index in [1.165, 1.54) is 17.7 Å². The fourth-order valence-electron chi connectivity index (χ4n) is 1.16. The Kier molecular flexibility index (Phi) is 4.63. The summed E-state index contributed by atoms with van der Waals surface area (Å²) in [6, 6.07) is 6.67. The van der Waals surface area contributed by atoms with Crippen LogP contribution in [0.5, 0.6) is 0 Å². The molecule has 1 atom stereocenters. The van der Waals surface area contributed by atoms with Crippen LogP contribution >= 0.6 is 11.6 Å². The fourth-order valence-corrected chi connectivity index (χ4v) is 1.25. The largest absolute Gasteiger partial charge is 0.307 e. The van der Waals surface area contributed by atoms with Gasteiger partial charge >= 0.3 is 0 Å². The van der Waals surface area contributed by atoms with E-state index in [1.54, 1.807) is 12.1 Å². The Hall–Kier alpha value is -0.860. The molecule has 0 aliphatic rings. The molecule has 1 unspecified atom stereocenters. The molecule has 1 aromatic carbocycles. The molecule has 1 aromatic rings. The molecule has 0 radical (unpaired) electrons. The molecule has 0 aliphatic heterocycles. The number of benzene rings is 1. The van der Waals surface area contributed by atoms with Gasteiger partial charge in [-0.05, 0) is 24.6 Å². The molecule has 3 heteroatoms. The summed E-state index contributed by atoms with van der Waals surface area (Å²) in [4.78, 5) is 0. The molecule has 0 saturated heterocycles. The first-order valence-electron chi connectivity index (χ1n) is 4.48. The van der Waals surface area contributed by atoms with E-state index in [0.717, 1.165) is 5.56 Å². The third-order valence-corrected chi connectivity index (χ3v) is 2.18. The third kappa shape index (κ3) is 3.48. The average molecular weight is 214 g/mol. The summed E-state index contributed by atoms with van der Waals surface area (Å²) in [7, 11) is 0. The Balaban J connectivity index is 2.51. The quantitative estimate of drug-likeness (QED) is 0.810. The lowest BCUT2D eigenvalue weighted by Crippen LogP contribution is -2.18. The highest BCUT2D eigenvalue weighted by Crippen LogP contribution is 2.12. The number of rotatable bonds is 4. The molecule has 0 saturated carbocycles. The first-order valence-corrected chi connectivity index (χ1v) is 4.91. The average Bonchev–Trinajstić information content (AvgIpc) is 2.19. The van der Waals surface area contributed by atoms with Gasteiger partial charge in [0.25, 0.3) is 0 Å². The molecule has 1 rings (SSSR count). The van der Waals surface area contributed by atoms with Crippen LogP contribution in [0, 0.1) is 5.82 Å². The van der Waals surface area contributed by atoms with Gasteiger partial charge in [0.05, 0.1) is 0 Å². The molecule has 0 heterocycles. The highest BCUT2D eigenvalue weighted by Gasteiger charge is 2.02. The normalized spacial score (nSPS) is 13.4. The van der Waals surface area contributed by atoms with Crippen LogP contribution in [0.3, 0.4) is 0 Å². The fraction of sp³-hybridized carbons (Fsp3) is 0.273. The second-order valence-electron chi connectivity index (χ2n) is 3.04. The smallest absolute Gasteiger partial charge is 0.123 e. The van der Waals surface area contributed by atoms with Crippen LogP contribution in [0.1, 0.15) is 18.5 Å². The SMILES string of the molecule is CC(NC/C=C/Cl)c1ccc(F)cc1.